The van der Waals surface area contributed by atoms with Gasteiger partial charge >= 0.3 is 0 Å². The average Bonchev–Trinajstić information content (AvgIpc) is 2.51. The van der Waals surface area contributed by atoms with Gasteiger partial charge in [0.15, 0.2) is 0 Å². The summed E-state index contributed by atoms with van der Waals surface area (Å²) in [6.45, 7) is 0.298. The van der Waals surface area contributed by atoms with Crippen LogP contribution >= 0.6 is 0 Å². The zero-order valence-electron chi connectivity index (χ0n) is 10.8. The van der Waals surface area contributed by atoms with Crippen LogP contribution in [0.5, 0.6) is 0 Å². The average molecular weight is 263 g/mol. The van der Waals surface area contributed by atoms with Crippen molar-refractivity contribution in [2.24, 2.45) is 5.11 Å². The molecule has 0 spiro atoms. The first-order chi connectivity index (χ1) is 9.86. The van der Waals surface area contributed by atoms with Gasteiger partial charge in [-0.1, -0.05) is 53.6 Å². The standard InChI is InChI=1S/C16H13N3O/c17-19-18-9-15-11-5-1-3-7-13(11)16(10-20)14-8-4-2-6-12(14)15/h1-8,20H,9-10H2. The van der Waals surface area contributed by atoms with E-state index in [0.29, 0.717) is 6.54 Å². The molecule has 4 heteroatoms. The normalized spacial score (nSPS) is 10.7. The molecule has 0 heterocycles. The fourth-order valence-electron chi connectivity index (χ4n) is 2.75. The summed E-state index contributed by atoms with van der Waals surface area (Å²) in [6, 6.07) is 15.8. The van der Waals surface area contributed by atoms with Crippen molar-refractivity contribution in [3.05, 3.63) is 70.1 Å². The number of hydrogen-bond acceptors (Lipinski definition) is 2. The molecule has 3 aromatic rings. The molecule has 0 amide bonds. The maximum absolute atomic E-state index is 9.72. The first kappa shape index (κ1) is 12.5. The molecule has 0 bridgehead atoms. The van der Waals surface area contributed by atoms with Gasteiger partial charge in [0.2, 0.25) is 0 Å². The molecule has 0 aliphatic rings. The Bertz CT molecular complexity index is 779. The molecule has 0 radical (unpaired) electrons. The minimum Gasteiger partial charge on any atom is -0.392 e. The summed E-state index contributed by atoms with van der Waals surface area (Å²) >= 11 is 0. The highest BCUT2D eigenvalue weighted by Crippen LogP contribution is 2.33. The van der Waals surface area contributed by atoms with Crippen molar-refractivity contribution in [2.75, 3.05) is 0 Å². The van der Waals surface area contributed by atoms with Crippen molar-refractivity contribution in [3.8, 4) is 0 Å². The van der Waals surface area contributed by atoms with E-state index in [2.05, 4.69) is 10.0 Å². The monoisotopic (exact) mass is 263 g/mol. The lowest BCUT2D eigenvalue weighted by Gasteiger charge is -2.14. The summed E-state index contributed by atoms with van der Waals surface area (Å²) in [5.41, 5.74) is 10.5. The van der Waals surface area contributed by atoms with Crippen LogP contribution in [-0.2, 0) is 13.2 Å². The van der Waals surface area contributed by atoms with Gasteiger partial charge in [-0.15, -0.1) is 0 Å². The van der Waals surface area contributed by atoms with E-state index in [4.69, 9.17) is 5.53 Å². The lowest BCUT2D eigenvalue weighted by molar-refractivity contribution is 0.285. The number of azide groups is 1. The van der Waals surface area contributed by atoms with Gasteiger partial charge < -0.3 is 5.11 Å². The first-order valence-corrected chi connectivity index (χ1v) is 6.39. The van der Waals surface area contributed by atoms with Gasteiger partial charge in [-0.05, 0) is 38.2 Å². The van der Waals surface area contributed by atoms with E-state index >= 15 is 0 Å². The maximum Gasteiger partial charge on any atom is 0.0693 e. The molecular weight excluding hydrogens is 250 g/mol. The number of fused-ring (bicyclic) bond motifs is 2. The van der Waals surface area contributed by atoms with Crippen LogP contribution in [0.15, 0.2) is 53.6 Å². The highest BCUT2D eigenvalue weighted by atomic mass is 16.3. The summed E-state index contributed by atoms with van der Waals surface area (Å²) < 4.78 is 0. The van der Waals surface area contributed by atoms with Gasteiger partial charge in [-0.25, -0.2) is 0 Å². The lowest BCUT2D eigenvalue weighted by atomic mass is 9.92. The Balaban J connectivity index is 2.52. The van der Waals surface area contributed by atoms with Crippen LogP contribution in [0.4, 0.5) is 0 Å². The topological polar surface area (TPSA) is 69.0 Å². The quantitative estimate of drug-likeness (QED) is 0.325. The number of aliphatic hydroxyl groups is 1. The summed E-state index contributed by atoms with van der Waals surface area (Å²) in [4.78, 5) is 2.86. The molecule has 98 valence electrons. The Kier molecular flexibility index (Phi) is 3.25. The van der Waals surface area contributed by atoms with Crippen molar-refractivity contribution in [1.29, 1.82) is 0 Å². The van der Waals surface area contributed by atoms with E-state index in [9.17, 15) is 5.11 Å². The van der Waals surface area contributed by atoms with E-state index in [1.807, 2.05) is 48.5 Å². The molecular formula is C16H13N3O. The number of rotatable bonds is 3. The lowest BCUT2D eigenvalue weighted by Crippen LogP contribution is -1.94. The smallest absolute Gasteiger partial charge is 0.0693 e. The van der Waals surface area contributed by atoms with Crippen molar-refractivity contribution < 1.29 is 5.11 Å². The van der Waals surface area contributed by atoms with Crippen LogP contribution in [0.2, 0.25) is 0 Å². The molecule has 0 aliphatic carbocycles. The third-order valence-electron chi connectivity index (χ3n) is 3.60. The Labute approximate surface area is 115 Å². The fourth-order valence-corrected chi connectivity index (χ4v) is 2.75. The van der Waals surface area contributed by atoms with Crippen molar-refractivity contribution in [1.82, 2.24) is 0 Å². The molecule has 0 saturated heterocycles. The van der Waals surface area contributed by atoms with Gasteiger partial charge in [0, 0.05) is 4.91 Å². The summed E-state index contributed by atoms with van der Waals surface area (Å²) in [7, 11) is 0. The van der Waals surface area contributed by atoms with Crippen LogP contribution in [0.25, 0.3) is 32.0 Å². The van der Waals surface area contributed by atoms with Gasteiger partial charge in [-0.3, -0.25) is 0 Å². The minimum absolute atomic E-state index is 0.0111. The fraction of sp³-hybridized carbons (Fsp3) is 0.125. The van der Waals surface area contributed by atoms with E-state index < -0.39 is 0 Å². The van der Waals surface area contributed by atoms with Crippen LogP contribution in [0, 0.1) is 0 Å². The minimum atomic E-state index is -0.0111. The second kappa shape index (κ2) is 5.21. The third-order valence-corrected chi connectivity index (χ3v) is 3.60. The van der Waals surface area contributed by atoms with E-state index in [1.54, 1.807) is 0 Å². The molecule has 0 unspecified atom stereocenters. The van der Waals surface area contributed by atoms with E-state index in [1.165, 1.54) is 0 Å². The second-order valence-corrected chi connectivity index (χ2v) is 4.60. The van der Waals surface area contributed by atoms with Crippen molar-refractivity contribution in [2.45, 2.75) is 13.2 Å². The molecule has 1 N–H and O–H groups in total. The zero-order valence-corrected chi connectivity index (χ0v) is 10.8. The predicted molar refractivity (Wildman–Crippen MR) is 80.2 cm³/mol. The number of hydrogen-bond donors (Lipinski definition) is 1. The van der Waals surface area contributed by atoms with Crippen molar-refractivity contribution in [3.63, 3.8) is 0 Å². The highest BCUT2D eigenvalue weighted by Gasteiger charge is 2.11. The Morgan fingerprint density at radius 1 is 0.850 bits per heavy atom. The summed E-state index contributed by atoms with van der Waals surface area (Å²) in [5, 5.41) is 17.5. The molecule has 0 saturated carbocycles. The van der Waals surface area contributed by atoms with E-state index in [0.717, 1.165) is 32.7 Å². The Morgan fingerprint density at radius 3 is 1.70 bits per heavy atom. The molecule has 3 aromatic carbocycles. The van der Waals surface area contributed by atoms with Crippen molar-refractivity contribution >= 4 is 21.5 Å². The van der Waals surface area contributed by atoms with Gasteiger partial charge in [0.1, 0.15) is 0 Å². The third kappa shape index (κ3) is 1.88. The molecule has 20 heavy (non-hydrogen) atoms. The van der Waals surface area contributed by atoms with Gasteiger partial charge in [-0.2, -0.15) is 0 Å². The van der Waals surface area contributed by atoms with Crippen LogP contribution < -0.4 is 0 Å². The first-order valence-electron chi connectivity index (χ1n) is 6.39. The molecule has 0 aliphatic heterocycles. The van der Waals surface area contributed by atoms with Crippen LogP contribution in [0.3, 0.4) is 0 Å². The Morgan fingerprint density at radius 2 is 1.30 bits per heavy atom. The number of aliphatic hydroxyl groups excluding tert-OH is 1. The predicted octanol–water partition coefficient (Wildman–Crippen LogP) is 4.30. The zero-order chi connectivity index (χ0) is 13.9. The highest BCUT2D eigenvalue weighted by molar-refractivity contribution is 6.05. The summed E-state index contributed by atoms with van der Waals surface area (Å²) in [5.74, 6) is 0. The molecule has 0 atom stereocenters. The SMILES string of the molecule is [N-]=[N+]=NCc1c2ccccc2c(CO)c2ccccc12. The largest absolute Gasteiger partial charge is 0.392 e. The maximum atomic E-state index is 9.72. The van der Waals surface area contributed by atoms with Gasteiger partial charge in [0.25, 0.3) is 0 Å². The molecule has 0 fully saturated rings. The summed E-state index contributed by atoms with van der Waals surface area (Å²) in [6.07, 6.45) is 0. The number of nitrogens with zero attached hydrogens (tertiary/aromatic N) is 3. The number of benzene rings is 3. The van der Waals surface area contributed by atoms with Gasteiger partial charge in [0.05, 0.1) is 13.2 Å². The molecule has 4 nitrogen and oxygen atoms in total. The Hall–Kier alpha value is -2.55. The van der Waals surface area contributed by atoms with Crippen LogP contribution in [-0.4, -0.2) is 5.11 Å². The molecule has 3 rings (SSSR count). The molecule has 0 aromatic heterocycles. The van der Waals surface area contributed by atoms with E-state index in [-0.39, 0.29) is 6.61 Å². The van der Waals surface area contributed by atoms with Crippen LogP contribution in [0.1, 0.15) is 11.1 Å². The second-order valence-electron chi connectivity index (χ2n) is 4.60.